The number of nitrogens with zero attached hydrogens (tertiary/aromatic N) is 3. The highest BCUT2D eigenvalue weighted by molar-refractivity contribution is 7.07. The minimum absolute atomic E-state index is 0.470. The molecule has 0 bridgehead atoms. The van der Waals surface area contributed by atoms with Crippen LogP contribution in [0.15, 0.2) is 15.3 Å². The average Bonchev–Trinajstić information content (AvgIpc) is 2.77. The molecule has 0 unspecified atom stereocenters. The second-order valence-corrected chi connectivity index (χ2v) is 3.50. The van der Waals surface area contributed by atoms with Gasteiger partial charge in [-0.25, -0.2) is 4.98 Å². The first kappa shape index (κ1) is 9.14. The van der Waals surface area contributed by atoms with Crippen molar-refractivity contribution in [2.75, 3.05) is 11.9 Å². The van der Waals surface area contributed by atoms with Crippen LogP contribution in [-0.4, -0.2) is 21.7 Å². The Hall–Kier alpha value is -1.43. The van der Waals surface area contributed by atoms with E-state index in [1.165, 1.54) is 0 Å². The van der Waals surface area contributed by atoms with E-state index in [1.807, 2.05) is 10.9 Å². The number of thiazole rings is 1. The number of aromatic nitrogens is 3. The van der Waals surface area contributed by atoms with E-state index in [2.05, 4.69) is 20.5 Å². The van der Waals surface area contributed by atoms with Crippen molar-refractivity contribution in [2.45, 2.75) is 13.3 Å². The average molecular weight is 210 g/mol. The summed E-state index contributed by atoms with van der Waals surface area (Å²) in [7, 11) is 0. The summed E-state index contributed by atoms with van der Waals surface area (Å²) >= 11 is 1.60. The standard InChI is InChI=1S/C8H10N4OS/c1-6-11-12-8(13-6)9-3-2-7-4-14-5-10-7/h4-5H,2-3H2,1H3,(H,9,12). The fourth-order valence-corrected chi connectivity index (χ4v) is 1.62. The molecule has 2 heterocycles. The molecule has 2 aromatic rings. The van der Waals surface area contributed by atoms with E-state index in [0.717, 1.165) is 18.7 Å². The predicted molar refractivity (Wildman–Crippen MR) is 53.3 cm³/mol. The van der Waals surface area contributed by atoms with E-state index in [9.17, 15) is 0 Å². The summed E-state index contributed by atoms with van der Waals surface area (Å²) in [5.41, 5.74) is 2.91. The lowest BCUT2D eigenvalue weighted by Gasteiger charge is -1.97. The van der Waals surface area contributed by atoms with Crippen molar-refractivity contribution in [3.63, 3.8) is 0 Å². The quantitative estimate of drug-likeness (QED) is 0.828. The molecule has 0 aliphatic heterocycles. The number of rotatable bonds is 4. The lowest BCUT2D eigenvalue weighted by molar-refractivity contribution is 0.531. The Bertz CT molecular complexity index is 384. The van der Waals surface area contributed by atoms with Crippen LogP contribution < -0.4 is 5.32 Å². The Morgan fingerprint density at radius 3 is 3.07 bits per heavy atom. The summed E-state index contributed by atoms with van der Waals surface area (Å²) in [6.45, 7) is 2.52. The van der Waals surface area contributed by atoms with Gasteiger partial charge in [0.15, 0.2) is 0 Å². The summed E-state index contributed by atoms with van der Waals surface area (Å²) in [6, 6.07) is 0.470. The summed E-state index contributed by atoms with van der Waals surface area (Å²) < 4.78 is 5.15. The molecule has 74 valence electrons. The zero-order valence-electron chi connectivity index (χ0n) is 7.73. The van der Waals surface area contributed by atoms with Crippen LogP contribution in [0.2, 0.25) is 0 Å². The van der Waals surface area contributed by atoms with E-state index < -0.39 is 0 Å². The van der Waals surface area contributed by atoms with Crippen LogP contribution in [0.25, 0.3) is 0 Å². The highest BCUT2D eigenvalue weighted by atomic mass is 32.1. The molecule has 0 aliphatic rings. The Morgan fingerprint density at radius 1 is 1.50 bits per heavy atom. The third-order valence-electron chi connectivity index (χ3n) is 1.67. The molecule has 0 atom stereocenters. The molecule has 0 aliphatic carbocycles. The molecule has 0 radical (unpaired) electrons. The van der Waals surface area contributed by atoms with Crippen molar-refractivity contribution in [3.8, 4) is 0 Å². The maximum Gasteiger partial charge on any atom is 0.315 e. The lowest BCUT2D eigenvalue weighted by Crippen LogP contribution is -2.05. The molecule has 2 aromatic heterocycles. The number of hydrogen-bond donors (Lipinski definition) is 1. The van der Waals surface area contributed by atoms with Gasteiger partial charge in [0.2, 0.25) is 5.89 Å². The largest absolute Gasteiger partial charge is 0.408 e. The Morgan fingerprint density at radius 2 is 2.43 bits per heavy atom. The molecule has 0 spiro atoms. The van der Waals surface area contributed by atoms with E-state index in [-0.39, 0.29) is 0 Å². The molecule has 0 saturated heterocycles. The van der Waals surface area contributed by atoms with Gasteiger partial charge in [-0.05, 0) is 0 Å². The van der Waals surface area contributed by atoms with Crippen LogP contribution in [0.3, 0.4) is 0 Å². The van der Waals surface area contributed by atoms with Crippen LogP contribution in [0.5, 0.6) is 0 Å². The fourth-order valence-electron chi connectivity index (χ4n) is 1.03. The first-order valence-electron chi connectivity index (χ1n) is 4.25. The van der Waals surface area contributed by atoms with Gasteiger partial charge >= 0.3 is 6.01 Å². The third-order valence-corrected chi connectivity index (χ3v) is 2.30. The number of anilines is 1. The SMILES string of the molecule is Cc1nnc(NCCc2cscn2)o1. The van der Waals surface area contributed by atoms with Crippen molar-refractivity contribution < 1.29 is 4.42 Å². The number of hydrogen-bond acceptors (Lipinski definition) is 6. The summed E-state index contributed by atoms with van der Waals surface area (Å²) in [5.74, 6) is 0.571. The second kappa shape index (κ2) is 4.19. The molecule has 5 nitrogen and oxygen atoms in total. The van der Waals surface area contributed by atoms with E-state index in [4.69, 9.17) is 4.42 Å². The summed E-state index contributed by atoms with van der Waals surface area (Å²) in [4.78, 5) is 4.16. The zero-order valence-corrected chi connectivity index (χ0v) is 8.54. The van der Waals surface area contributed by atoms with Crippen molar-refractivity contribution in [1.29, 1.82) is 0 Å². The molecule has 0 amide bonds. The zero-order chi connectivity index (χ0) is 9.80. The highest BCUT2D eigenvalue weighted by Crippen LogP contribution is 2.05. The van der Waals surface area contributed by atoms with Crippen LogP contribution in [0, 0.1) is 6.92 Å². The maximum atomic E-state index is 5.15. The molecular formula is C8H10N4OS. The Kier molecular flexibility index (Phi) is 2.73. The summed E-state index contributed by atoms with van der Waals surface area (Å²) in [5, 5.41) is 12.6. The lowest BCUT2D eigenvalue weighted by atomic mass is 10.3. The van der Waals surface area contributed by atoms with Gasteiger partial charge in [-0.1, -0.05) is 5.10 Å². The van der Waals surface area contributed by atoms with Gasteiger partial charge in [-0.3, -0.25) is 0 Å². The van der Waals surface area contributed by atoms with Gasteiger partial charge in [0.1, 0.15) is 0 Å². The van der Waals surface area contributed by atoms with Crippen LogP contribution >= 0.6 is 11.3 Å². The van der Waals surface area contributed by atoms with Crippen LogP contribution in [0.1, 0.15) is 11.6 Å². The third kappa shape index (κ3) is 2.29. The topological polar surface area (TPSA) is 63.8 Å². The van der Waals surface area contributed by atoms with Crippen molar-refractivity contribution >= 4 is 17.4 Å². The normalized spacial score (nSPS) is 10.4. The van der Waals surface area contributed by atoms with Crippen molar-refractivity contribution in [1.82, 2.24) is 15.2 Å². The molecule has 2 rings (SSSR count). The van der Waals surface area contributed by atoms with Gasteiger partial charge in [0.25, 0.3) is 0 Å². The monoisotopic (exact) mass is 210 g/mol. The van der Waals surface area contributed by atoms with Gasteiger partial charge in [0, 0.05) is 25.3 Å². The number of nitrogens with one attached hydrogen (secondary N) is 1. The van der Waals surface area contributed by atoms with Crippen molar-refractivity contribution in [3.05, 3.63) is 22.5 Å². The molecule has 0 aromatic carbocycles. The smallest absolute Gasteiger partial charge is 0.315 e. The Labute approximate surface area is 85.2 Å². The molecule has 1 N–H and O–H groups in total. The van der Waals surface area contributed by atoms with E-state index in [0.29, 0.717) is 11.9 Å². The van der Waals surface area contributed by atoms with Crippen molar-refractivity contribution in [2.24, 2.45) is 0 Å². The number of aryl methyl sites for hydroxylation is 1. The van der Waals surface area contributed by atoms with Gasteiger partial charge in [-0.15, -0.1) is 16.4 Å². The summed E-state index contributed by atoms with van der Waals surface area (Å²) in [6.07, 6.45) is 0.866. The van der Waals surface area contributed by atoms with E-state index >= 15 is 0 Å². The first-order chi connectivity index (χ1) is 6.84. The molecule has 0 saturated carbocycles. The minimum atomic E-state index is 0.470. The molecule has 6 heteroatoms. The Balaban J connectivity index is 1.78. The van der Waals surface area contributed by atoms with Gasteiger partial charge in [-0.2, -0.15) is 0 Å². The molecular weight excluding hydrogens is 200 g/mol. The fraction of sp³-hybridized carbons (Fsp3) is 0.375. The molecule has 14 heavy (non-hydrogen) atoms. The first-order valence-corrected chi connectivity index (χ1v) is 5.20. The van der Waals surface area contributed by atoms with Gasteiger partial charge < -0.3 is 9.73 Å². The maximum absolute atomic E-state index is 5.15. The molecule has 0 fully saturated rings. The second-order valence-electron chi connectivity index (χ2n) is 2.78. The van der Waals surface area contributed by atoms with Crippen LogP contribution in [-0.2, 0) is 6.42 Å². The van der Waals surface area contributed by atoms with Crippen LogP contribution in [0.4, 0.5) is 6.01 Å². The van der Waals surface area contributed by atoms with E-state index in [1.54, 1.807) is 18.3 Å². The van der Waals surface area contributed by atoms with Gasteiger partial charge in [0.05, 0.1) is 11.2 Å². The minimum Gasteiger partial charge on any atom is -0.408 e. The highest BCUT2D eigenvalue weighted by Gasteiger charge is 2.00. The predicted octanol–water partition coefficient (Wildman–Crippen LogP) is 1.49.